The summed E-state index contributed by atoms with van der Waals surface area (Å²) >= 11 is 2.05. The van der Waals surface area contributed by atoms with Crippen LogP contribution in [0.5, 0.6) is 0 Å². The number of rotatable bonds is 60. The van der Waals surface area contributed by atoms with Gasteiger partial charge >= 0.3 is 18.1 Å². The van der Waals surface area contributed by atoms with Gasteiger partial charge in [0.25, 0.3) is 35.4 Å². The Morgan fingerprint density at radius 2 is 0.871 bits per heavy atom. The number of alkyl halides is 1. The lowest BCUT2D eigenvalue weighted by molar-refractivity contribution is -0.198. The van der Waals surface area contributed by atoms with Crippen LogP contribution in [-0.4, -0.2) is 308 Å². The highest BCUT2D eigenvalue weighted by molar-refractivity contribution is 14.1. The van der Waals surface area contributed by atoms with Crippen LogP contribution < -0.4 is 74.9 Å². The monoisotopic (exact) mass is 1880 g/mol. The molecule has 2 fully saturated rings. The lowest BCUT2D eigenvalue weighted by atomic mass is 10.0. The van der Waals surface area contributed by atoms with Crippen LogP contribution in [0.25, 0.3) is 0 Å². The van der Waals surface area contributed by atoms with Crippen LogP contribution in [0.2, 0.25) is 0 Å². The molecule has 2 saturated heterocycles. The van der Waals surface area contributed by atoms with E-state index in [1.54, 1.807) is 58.9 Å². The Morgan fingerprint density at radius 3 is 1.34 bits per heavy atom. The summed E-state index contributed by atoms with van der Waals surface area (Å²) in [5, 5.41) is 38.4. The number of carbonyl (C=O) groups excluding carboxylic acids is 16. The van der Waals surface area contributed by atoms with Gasteiger partial charge in [0, 0.05) is 165 Å². The number of halogens is 1. The van der Waals surface area contributed by atoms with Gasteiger partial charge in [-0.2, -0.15) is 5.06 Å². The van der Waals surface area contributed by atoms with Crippen molar-refractivity contribution in [2.24, 2.45) is 11.7 Å². The number of amides is 16. The van der Waals surface area contributed by atoms with E-state index < -0.39 is 71.5 Å². The third-order valence-electron chi connectivity index (χ3n) is 16.3. The highest BCUT2D eigenvalue weighted by Gasteiger charge is 2.34. The molecule has 0 radical (unpaired) electrons. The molecule has 0 spiro atoms. The molecule has 3 heterocycles. The molecule has 42 nitrogen and oxygen atoms in total. The Kier molecular flexibility index (Phi) is 66.9. The van der Waals surface area contributed by atoms with E-state index in [1.165, 1.54) is 12.2 Å². The highest BCUT2D eigenvalue weighted by Crippen LogP contribution is 2.16. The minimum Gasteiger partial charge on any atom is -0.445 e. The first-order valence-electron chi connectivity index (χ1n) is 42.1. The Balaban J connectivity index is 0.00000173. The SMILES string of the molecule is CC(C)NCCNC(=O)CI.CC(C)NCCOCCOCCC(=O)NCCNC(=O)CCN1C(=O)C=CC1=O.CC(C)NCCOCCOCCC(=O)ON1C(=O)CCC1=O.CC(C)ON1C(=O)CCC1=O.CCC(=O)NCCOCCOCCC(=O)N[C@H](C(=O)N[C@@H](CCCNC(N)=O)C(=O)Nc1ccc(COC(=O)NCCNC(C)C)cc1)C(C)C. The maximum Gasteiger partial charge on any atom is 0.407 e. The van der Waals surface area contributed by atoms with E-state index in [0.29, 0.717) is 143 Å². The molecular formula is C81H140IN17O25. The van der Waals surface area contributed by atoms with Gasteiger partial charge in [0.1, 0.15) is 18.7 Å². The molecule has 0 aromatic heterocycles. The number of hydroxylamine groups is 4. The van der Waals surface area contributed by atoms with E-state index in [1.807, 2.05) is 36.4 Å². The molecule has 0 saturated carbocycles. The molecule has 706 valence electrons. The van der Waals surface area contributed by atoms with Gasteiger partial charge in [0.15, 0.2) is 0 Å². The molecule has 2 atom stereocenters. The number of hydrogen-bond acceptors (Lipinski definition) is 29. The lowest BCUT2D eigenvalue weighted by Gasteiger charge is -2.25. The van der Waals surface area contributed by atoms with Gasteiger partial charge in [-0.25, -0.2) is 14.4 Å². The molecule has 1 aromatic rings. The number of imide groups is 3. The number of nitrogens with one attached hydrogen (secondary N) is 13. The Hall–Kier alpha value is -9.03. The topological polar surface area (TPSA) is 548 Å². The van der Waals surface area contributed by atoms with Crippen molar-refractivity contribution < 1.29 is 120 Å². The van der Waals surface area contributed by atoms with Crippen molar-refractivity contribution in [3.63, 3.8) is 0 Å². The zero-order chi connectivity index (χ0) is 93.0. The molecular weight excluding hydrogens is 1740 g/mol. The third-order valence-corrected chi connectivity index (χ3v) is 17.0. The normalized spacial score (nSPS) is 13.3. The molecule has 124 heavy (non-hydrogen) atoms. The fourth-order valence-electron chi connectivity index (χ4n) is 9.89. The van der Waals surface area contributed by atoms with Gasteiger partial charge in [0.2, 0.25) is 41.4 Å². The summed E-state index contributed by atoms with van der Waals surface area (Å²) in [6.07, 6.45) is 3.59. The van der Waals surface area contributed by atoms with Crippen LogP contribution in [0.15, 0.2) is 36.4 Å². The fraction of sp³-hybridized carbons (Fsp3) is 0.704. The zero-order valence-electron chi connectivity index (χ0n) is 74.5. The minimum atomic E-state index is -0.999. The van der Waals surface area contributed by atoms with Crippen molar-refractivity contribution in [1.82, 2.24) is 78.8 Å². The smallest absolute Gasteiger partial charge is 0.407 e. The quantitative estimate of drug-likeness (QED) is 0.0186. The number of benzene rings is 1. The summed E-state index contributed by atoms with van der Waals surface area (Å²) in [5.74, 6) is -5.06. The number of nitrogens with zero attached hydrogens (tertiary/aromatic N) is 3. The number of nitrogens with two attached hydrogens (primary N) is 1. The van der Waals surface area contributed by atoms with Crippen molar-refractivity contribution in [2.75, 3.05) is 161 Å². The number of carbonyl (C=O) groups is 16. The van der Waals surface area contributed by atoms with E-state index >= 15 is 0 Å². The zero-order valence-corrected chi connectivity index (χ0v) is 76.7. The van der Waals surface area contributed by atoms with Gasteiger partial charge in [-0.1, -0.05) is 111 Å². The molecule has 16 amide bonds. The van der Waals surface area contributed by atoms with Crippen molar-refractivity contribution in [3.05, 3.63) is 42.0 Å². The van der Waals surface area contributed by atoms with Crippen molar-refractivity contribution in [2.45, 2.75) is 210 Å². The first-order chi connectivity index (χ1) is 59.0. The molecule has 1 aromatic carbocycles. The second-order valence-electron chi connectivity index (χ2n) is 29.4. The number of hydrogen-bond donors (Lipinski definition) is 14. The number of ether oxygens (including phenoxy) is 7. The standard InChI is InChI=1S/C34H58N8O9.C19H32N4O6.C14H24N2O6.C7H15IN2O.C7H11NO3/c1-6-28(43)37-17-19-50-21-20-49-18-13-29(44)42-30(23(2)3)32(46)41-27(8-7-14-38-33(35)47)31(45)40-26-11-9-25(10-12-26)22-51-34(48)39-16-15-36-24(4)5;1-15(2)20-9-12-29-14-13-28-11-6-17(25)22-8-7-21-16(24)5-10-23-18(26)3-4-19(23)27;1-11(2)15-6-8-21-10-9-20-7-5-14(19)22-16-12(17)3-4-13(16)18;1-6(2)9-3-4-10-7(11)5-8;1-5(2)11-8-6(9)3-4-7(8)10/h9-12,23-24,27,30,36H,6-8,13-22H2,1-5H3,(H,37,43)(H,39,48)(H,40,45)(H,41,46)(H,42,44)(H3,35,38,47);3-4,15,20H,5-14H2,1-2H3,(H,21,24)(H,22,25);11,15H,3-10H2,1-2H3;6,9H,3-5H2,1-2H3,(H,10,11);5H,3-4H2,1-2H3/t27-,30-;;;;/m0..../s1. The molecule has 15 N–H and O–H groups in total. The average Bonchev–Trinajstić information content (AvgIpc) is 0.934. The summed E-state index contributed by atoms with van der Waals surface area (Å²) in [7, 11) is 0. The summed E-state index contributed by atoms with van der Waals surface area (Å²) in [6, 6.07) is 5.72. The maximum absolute atomic E-state index is 13.4. The fourth-order valence-corrected chi connectivity index (χ4v) is 10.2. The predicted octanol–water partition coefficient (Wildman–Crippen LogP) is 0.854. The maximum atomic E-state index is 13.4. The number of primary amides is 1. The van der Waals surface area contributed by atoms with Crippen molar-refractivity contribution >= 4 is 123 Å². The first kappa shape index (κ1) is 115. The summed E-state index contributed by atoms with van der Waals surface area (Å²) < 4.78 is 37.8. The summed E-state index contributed by atoms with van der Waals surface area (Å²) in [5.41, 5.74) is 6.30. The molecule has 3 aliphatic heterocycles. The van der Waals surface area contributed by atoms with E-state index in [2.05, 4.69) is 111 Å². The van der Waals surface area contributed by atoms with Gasteiger partial charge in [-0.15, -0.1) is 5.06 Å². The molecule has 0 unspecified atom stereocenters. The Labute approximate surface area is 742 Å². The molecule has 0 bridgehead atoms. The van der Waals surface area contributed by atoms with Crippen LogP contribution >= 0.6 is 22.6 Å². The second kappa shape index (κ2) is 72.2. The molecule has 4 rings (SSSR count). The van der Waals surface area contributed by atoms with Gasteiger partial charge in [0.05, 0.1) is 96.2 Å². The van der Waals surface area contributed by atoms with Gasteiger partial charge in [-0.3, -0.25) is 72.1 Å². The summed E-state index contributed by atoms with van der Waals surface area (Å²) in [4.78, 5) is 197. The third kappa shape index (κ3) is 63.0. The van der Waals surface area contributed by atoms with E-state index in [9.17, 15) is 76.7 Å². The lowest BCUT2D eigenvalue weighted by Crippen LogP contribution is -2.54. The minimum absolute atomic E-state index is 0.00719. The van der Waals surface area contributed by atoms with Crippen LogP contribution in [0.1, 0.15) is 166 Å². The summed E-state index contributed by atoms with van der Waals surface area (Å²) in [6.45, 7) is 35.2. The largest absolute Gasteiger partial charge is 0.445 e. The first-order valence-corrected chi connectivity index (χ1v) is 43.6. The van der Waals surface area contributed by atoms with Crippen LogP contribution in [0, 0.1) is 5.92 Å². The number of alkyl carbamates (subject to hydrolysis) is 1. The molecule has 43 heteroatoms. The van der Waals surface area contributed by atoms with E-state index in [4.69, 9.17) is 48.6 Å². The van der Waals surface area contributed by atoms with Crippen LogP contribution in [0.4, 0.5) is 15.3 Å². The number of urea groups is 1. The van der Waals surface area contributed by atoms with Gasteiger partial charge in [-0.05, 0) is 50.3 Å². The average molecular weight is 1880 g/mol. The predicted molar refractivity (Wildman–Crippen MR) is 466 cm³/mol. The Morgan fingerprint density at radius 1 is 0.444 bits per heavy atom. The van der Waals surface area contributed by atoms with Gasteiger partial charge < -0.3 is 113 Å². The van der Waals surface area contributed by atoms with Crippen LogP contribution in [0.3, 0.4) is 0 Å². The Bertz CT molecular complexity index is 3310. The molecule has 0 aliphatic carbocycles. The van der Waals surface area contributed by atoms with Crippen molar-refractivity contribution in [1.29, 1.82) is 0 Å². The highest BCUT2D eigenvalue weighted by atomic mass is 127. The van der Waals surface area contributed by atoms with Crippen LogP contribution in [-0.2, 0) is 117 Å². The molecule has 3 aliphatic rings. The van der Waals surface area contributed by atoms with E-state index in [0.717, 1.165) is 36.1 Å². The van der Waals surface area contributed by atoms with E-state index in [-0.39, 0.29) is 151 Å². The van der Waals surface area contributed by atoms with Crippen molar-refractivity contribution in [3.8, 4) is 0 Å². The number of anilines is 1. The second-order valence-corrected chi connectivity index (χ2v) is 30.2.